The van der Waals surface area contributed by atoms with Crippen molar-refractivity contribution in [2.24, 2.45) is 17.8 Å². The highest BCUT2D eigenvalue weighted by Gasteiger charge is 2.53. The summed E-state index contributed by atoms with van der Waals surface area (Å²) in [6, 6.07) is 6.83. The Morgan fingerprint density at radius 3 is 2.88 bits per heavy atom. The SMILES string of the molecule is O=c1[nH]c2c(s1)C(/C=C/c1ccccc1[N+](=O)[O-])C1C3CCC(C3)C1S2. The fourth-order valence-corrected chi connectivity index (χ4v) is 7.98. The number of thiazole rings is 1. The molecule has 1 aliphatic heterocycles. The van der Waals surface area contributed by atoms with Crippen LogP contribution in [0.5, 0.6) is 0 Å². The largest absolute Gasteiger partial charge is 0.307 e. The monoisotopic (exact) mass is 386 g/mol. The third-order valence-corrected chi connectivity index (χ3v) is 8.77. The topological polar surface area (TPSA) is 76.0 Å². The fourth-order valence-electron chi connectivity index (χ4n) is 5.12. The molecule has 5 atom stereocenters. The lowest BCUT2D eigenvalue weighted by Gasteiger charge is -2.38. The number of nitrogens with zero attached hydrogens (tertiary/aromatic N) is 1. The van der Waals surface area contributed by atoms with E-state index in [9.17, 15) is 14.9 Å². The molecule has 1 aromatic heterocycles. The molecule has 1 N–H and O–H groups in total. The van der Waals surface area contributed by atoms with E-state index in [-0.39, 0.29) is 21.4 Å². The molecule has 2 heterocycles. The van der Waals surface area contributed by atoms with Crippen molar-refractivity contribution in [3.63, 3.8) is 0 Å². The number of nitro benzene ring substituents is 1. The predicted octanol–water partition coefficient (Wildman–Crippen LogP) is 4.66. The molecular weight excluding hydrogens is 368 g/mol. The summed E-state index contributed by atoms with van der Waals surface area (Å²) in [4.78, 5) is 27.0. The van der Waals surface area contributed by atoms with Gasteiger partial charge in [0.1, 0.15) is 0 Å². The highest BCUT2D eigenvalue weighted by molar-refractivity contribution is 8.00. The number of hydrogen-bond acceptors (Lipinski definition) is 5. The Labute approximate surface area is 158 Å². The Balaban J connectivity index is 1.56. The Hall–Kier alpha value is -1.86. The van der Waals surface area contributed by atoms with Crippen LogP contribution in [-0.4, -0.2) is 15.2 Å². The first-order chi connectivity index (χ1) is 12.6. The molecule has 3 aliphatic rings. The van der Waals surface area contributed by atoms with E-state index in [2.05, 4.69) is 11.1 Å². The molecule has 5 unspecified atom stereocenters. The van der Waals surface area contributed by atoms with Gasteiger partial charge in [-0.2, -0.15) is 0 Å². The number of nitro groups is 1. The second-order valence-electron chi connectivity index (χ2n) is 7.40. The van der Waals surface area contributed by atoms with E-state index >= 15 is 0 Å². The number of hydrogen-bond donors (Lipinski definition) is 1. The van der Waals surface area contributed by atoms with Gasteiger partial charge in [-0.05, 0) is 43.1 Å². The molecule has 0 radical (unpaired) electrons. The summed E-state index contributed by atoms with van der Waals surface area (Å²) in [6.45, 7) is 0. The summed E-state index contributed by atoms with van der Waals surface area (Å²) >= 11 is 3.16. The number of rotatable bonds is 3. The molecule has 2 saturated carbocycles. The lowest BCUT2D eigenvalue weighted by atomic mass is 9.77. The van der Waals surface area contributed by atoms with Crippen LogP contribution in [-0.2, 0) is 0 Å². The fraction of sp³-hybridized carbons (Fsp3) is 0.421. The van der Waals surface area contributed by atoms with E-state index in [1.54, 1.807) is 12.1 Å². The number of H-pyrrole nitrogens is 1. The van der Waals surface area contributed by atoms with E-state index in [0.717, 1.165) is 15.8 Å². The zero-order chi connectivity index (χ0) is 17.8. The molecule has 2 fully saturated rings. The number of aromatic nitrogens is 1. The third kappa shape index (κ3) is 2.48. The zero-order valence-electron chi connectivity index (χ0n) is 14.0. The summed E-state index contributed by atoms with van der Waals surface area (Å²) in [7, 11) is 0. The molecule has 0 amide bonds. The number of fused-ring (bicyclic) bond motifs is 6. The summed E-state index contributed by atoms with van der Waals surface area (Å²) in [6.07, 6.45) is 7.86. The second kappa shape index (κ2) is 6.09. The van der Waals surface area contributed by atoms with E-state index in [1.807, 2.05) is 23.9 Å². The summed E-state index contributed by atoms with van der Waals surface area (Å²) in [5.41, 5.74) is 0.751. The van der Waals surface area contributed by atoms with E-state index in [0.29, 0.717) is 22.6 Å². The van der Waals surface area contributed by atoms with Gasteiger partial charge in [-0.25, -0.2) is 0 Å². The van der Waals surface area contributed by atoms with Gasteiger partial charge in [-0.15, -0.1) is 11.8 Å². The number of nitrogens with one attached hydrogen (secondary N) is 1. The van der Waals surface area contributed by atoms with Crippen molar-refractivity contribution >= 4 is 34.9 Å². The van der Waals surface area contributed by atoms with Crippen molar-refractivity contribution in [1.29, 1.82) is 0 Å². The van der Waals surface area contributed by atoms with Crippen molar-refractivity contribution in [2.45, 2.75) is 35.5 Å². The predicted molar refractivity (Wildman–Crippen MR) is 104 cm³/mol. The Morgan fingerprint density at radius 1 is 1.23 bits per heavy atom. The normalized spacial score (nSPS) is 31.9. The second-order valence-corrected chi connectivity index (χ2v) is 9.60. The minimum atomic E-state index is -0.336. The van der Waals surface area contributed by atoms with Gasteiger partial charge in [0.2, 0.25) is 0 Å². The number of benzene rings is 1. The van der Waals surface area contributed by atoms with E-state index in [1.165, 1.54) is 36.7 Å². The van der Waals surface area contributed by atoms with Crippen molar-refractivity contribution in [1.82, 2.24) is 4.98 Å². The van der Waals surface area contributed by atoms with E-state index < -0.39 is 0 Å². The van der Waals surface area contributed by atoms with Crippen LogP contribution in [0.1, 0.15) is 35.6 Å². The van der Waals surface area contributed by atoms with Crippen molar-refractivity contribution in [3.05, 3.63) is 60.6 Å². The van der Waals surface area contributed by atoms with Gasteiger partial charge in [0.15, 0.2) is 0 Å². The Bertz CT molecular complexity index is 964. The highest BCUT2D eigenvalue weighted by Crippen LogP contribution is 2.62. The molecule has 5 nitrogen and oxygen atoms in total. The van der Waals surface area contributed by atoms with Crippen LogP contribution in [0.15, 0.2) is 40.2 Å². The van der Waals surface area contributed by atoms with Crippen LogP contribution in [0.2, 0.25) is 0 Å². The van der Waals surface area contributed by atoms with Gasteiger partial charge >= 0.3 is 4.87 Å². The summed E-state index contributed by atoms with van der Waals surface area (Å²) in [5.74, 6) is 2.17. The van der Waals surface area contributed by atoms with Gasteiger partial charge in [0.05, 0.1) is 15.5 Å². The molecule has 5 rings (SSSR count). The Kier molecular flexibility index (Phi) is 3.83. The van der Waals surface area contributed by atoms with Gasteiger partial charge in [-0.3, -0.25) is 14.9 Å². The van der Waals surface area contributed by atoms with Gasteiger partial charge < -0.3 is 4.98 Å². The molecule has 7 heteroatoms. The minimum absolute atomic E-state index is 0.00101. The lowest BCUT2D eigenvalue weighted by molar-refractivity contribution is -0.385. The first-order valence-corrected chi connectivity index (χ1v) is 10.6. The molecule has 134 valence electrons. The maximum Gasteiger partial charge on any atom is 0.305 e. The van der Waals surface area contributed by atoms with Crippen LogP contribution in [0.3, 0.4) is 0 Å². The number of thioether (sulfide) groups is 1. The number of para-hydroxylation sites is 1. The summed E-state index contributed by atoms with van der Waals surface area (Å²) < 4.78 is 0. The molecule has 1 aromatic carbocycles. The Morgan fingerprint density at radius 2 is 2.04 bits per heavy atom. The quantitative estimate of drug-likeness (QED) is 0.615. The molecule has 0 saturated heterocycles. The van der Waals surface area contributed by atoms with Crippen LogP contribution >= 0.6 is 23.1 Å². The van der Waals surface area contributed by atoms with Crippen LogP contribution in [0.4, 0.5) is 5.69 Å². The lowest BCUT2D eigenvalue weighted by Crippen LogP contribution is -2.32. The molecule has 2 bridgehead atoms. The first kappa shape index (κ1) is 16.3. The van der Waals surface area contributed by atoms with Crippen LogP contribution in [0.25, 0.3) is 6.08 Å². The highest BCUT2D eigenvalue weighted by atomic mass is 32.2. The van der Waals surface area contributed by atoms with Crippen LogP contribution in [0, 0.1) is 27.9 Å². The average Bonchev–Trinajstić information content (AvgIpc) is 3.32. The minimum Gasteiger partial charge on any atom is -0.307 e. The van der Waals surface area contributed by atoms with E-state index in [4.69, 9.17) is 0 Å². The molecule has 2 aliphatic carbocycles. The first-order valence-electron chi connectivity index (χ1n) is 8.93. The molecular formula is C19H18N2O3S2. The molecule has 2 aromatic rings. The maximum atomic E-state index is 12.0. The van der Waals surface area contributed by atoms with Crippen molar-refractivity contribution < 1.29 is 4.92 Å². The van der Waals surface area contributed by atoms with Crippen molar-refractivity contribution in [3.8, 4) is 0 Å². The smallest absolute Gasteiger partial charge is 0.305 e. The van der Waals surface area contributed by atoms with Gasteiger partial charge in [0.25, 0.3) is 5.69 Å². The zero-order valence-corrected chi connectivity index (χ0v) is 15.6. The average molecular weight is 386 g/mol. The molecule has 0 spiro atoms. The third-order valence-electron chi connectivity index (χ3n) is 6.13. The molecule has 26 heavy (non-hydrogen) atoms. The maximum absolute atomic E-state index is 12.0. The van der Waals surface area contributed by atoms with Gasteiger partial charge in [0, 0.05) is 22.1 Å². The number of aromatic amines is 1. The van der Waals surface area contributed by atoms with Crippen molar-refractivity contribution in [2.75, 3.05) is 0 Å². The van der Waals surface area contributed by atoms with Crippen LogP contribution < -0.4 is 4.87 Å². The summed E-state index contributed by atoms with van der Waals surface area (Å²) in [5, 5.41) is 12.9. The van der Waals surface area contributed by atoms with Gasteiger partial charge in [-0.1, -0.05) is 35.6 Å². The standard InChI is InChI=1S/C19H18N2O3S2/c22-19-20-18-17(26-19)13(15-11-5-6-12(9-11)16(15)25-18)8-7-10-3-1-2-4-14(10)21(23)24/h1-4,7-8,11-13,15-16H,5-6,9H2,(H,20,22)/b8-7+. The number of allylic oxidation sites excluding steroid dienone is 1.